The Labute approximate surface area is 175 Å². The van der Waals surface area contributed by atoms with Gasteiger partial charge in [-0.25, -0.2) is 0 Å². The summed E-state index contributed by atoms with van der Waals surface area (Å²) in [5.74, 6) is -0.631. The van der Waals surface area contributed by atoms with E-state index in [-0.39, 0.29) is 11.4 Å². The van der Waals surface area contributed by atoms with E-state index in [2.05, 4.69) is 6.92 Å². The lowest BCUT2D eigenvalue weighted by atomic mass is 9.99. The number of esters is 1. The maximum Gasteiger partial charge on any atom is 0.305 e. The molecule has 1 fully saturated rings. The van der Waals surface area contributed by atoms with Gasteiger partial charge in [0.2, 0.25) is 6.29 Å². The normalized spacial score (nSPS) is 27.7. The minimum absolute atomic E-state index is 0.132. The number of nitrogens with zero attached hydrogens (tertiary/aromatic N) is 1. The standard InChI is InChI=1S/C20H29NO9/c1-2-3-4-5-6-7-16(22)28-12-15-17(23)18(24)19(25)20(30-15)29-14-10-8-13(9-11-14)21(26)27/h8-11,15,17-20,23-25H,2-7,12H2,1H3/t15-,17-,18+,19-,20?/m1/s1/i7D/t7?,15-,17-,18+,19-,20?. The molecule has 1 aromatic rings. The Bertz CT molecular complexity index is 717. The molecular formula is C20H29NO9. The van der Waals surface area contributed by atoms with Crippen molar-refractivity contribution >= 4 is 11.7 Å². The number of nitro benzene ring substituents is 1. The second-order valence-electron chi connectivity index (χ2n) is 7.07. The molecule has 0 saturated carbocycles. The van der Waals surface area contributed by atoms with Crippen molar-refractivity contribution in [1.29, 1.82) is 0 Å². The van der Waals surface area contributed by atoms with E-state index in [9.17, 15) is 30.2 Å². The van der Waals surface area contributed by atoms with Crippen LogP contribution in [0.15, 0.2) is 24.3 Å². The van der Waals surface area contributed by atoms with Gasteiger partial charge >= 0.3 is 5.97 Å². The molecule has 1 aliphatic heterocycles. The molecule has 1 heterocycles. The third kappa shape index (κ3) is 6.91. The van der Waals surface area contributed by atoms with Crippen LogP contribution < -0.4 is 4.74 Å². The van der Waals surface area contributed by atoms with Gasteiger partial charge in [-0.3, -0.25) is 14.9 Å². The van der Waals surface area contributed by atoms with E-state index in [4.69, 9.17) is 15.6 Å². The number of rotatable bonds is 11. The maximum atomic E-state index is 12.0. The average molecular weight is 428 g/mol. The predicted octanol–water partition coefficient (Wildman–Crippen LogP) is 1.68. The summed E-state index contributed by atoms with van der Waals surface area (Å²) in [4.78, 5) is 22.2. The highest BCUT2D eigenvalue weighted by molar-refractivity contribution is 5.69. The van der Waals surface area contributed by atoms with E-state index in [1.54, 1.807) is 0 Å². The number of aliphatic hydroxyl groups is 3. The summed E-state index contributed by atoms with van der Waals surface area (Å²) in [7, 11) is 0. The van der Waals surface area contributed by atoms with Crippen molar-refractivity contribution in [2.24, 2.45) is 0 Å². The summed E-state index contributed by atoms with van der Waals surface area (Å²) in [5, 5.41) is 41.1. The van der Waals surface area contributed by atoms with Crippen LogP contribution in [0.5, 0.6) is 5.75 Å². The van der Waals surface area contributed by atoms with Crippen LogP contribution in [0.4, 0.5) is 5.69 Å². The van der Waals surface area contributed by atoms with Crippen LogP contribution in [-0.2, 0) is 14.3 Å². The van der Waals surface area contributed by atoms with Crippen LogP contribution in [0.3, 0.4) is 0 Å². The van der Waals surface area contributed by atoms with Crippen LogP contribution in [-0.4, -0.2) is 63.5 Å². The molecule has 0 bridgehead atoms. The maximum absolute atomic E-state index is 12.0. The number of unbranched alkanes of at least 4 members (excludes halogenated alkanes) is 3. The molecule has 2 rings (SSSR count). The Balaban J connectivity index is 1.91. The molecule has 2 unspecified atom stereocenters. The summed E-state index contributed by atoms with van der Waals surface area (Å²) in [6.07, 6.45) is -4.37. The number of hydrogen-bond donors (Lipinski definition) is 3. The topological polar surface area (TPSA) is 149 Å². The highest BCUT2D eigenvalue weighted by atomic mass is 16.7. The summed E-state index contributed by atoms with van der Waals surface area (Å²) in [6.45, 7) is 1.63. The van der Waals surface area contributed by atoms with Crippen LogP contribution in [0, 0.1) is 10.1 Å². The first-order valence-electron chi connectivity index (χ1n) is 10.5. The predicted molar refractivity (Wildman–Crippen MR) is 105 cm³/mol. The Hall–Kier alpha value is -2.27. The zero-order valence-corrected chi connectivity index (χ0v) is 16.8. The van der Waals surface area contributed by atoms with Gasteiger partial charge < -0.3 is 29.5 Å². The molecular weight excluding hydrogens is 398 g/mol. The van der Waals surface area contributed by atoms with Gasteiger partial charge in [-0.05, 0) is 18.6 Å². The van der Waals surface area contributed by atoms with Crippen LogP contribution in [0.2, 0.25) is 0 Å². The number of hydrogen-bond acceptors (Lipinski definition) is 9. The summed E-state index contributed by atoms with van der Waals surface area (Å²) in [6, 6.07) is 4.99. The molecule has 0 amide bonds. The van der Waals surface area contributed by atoms with Crippen LogP contribution in [0.25, 0.3) is 0 Å². The SMILES string of the molecule is [2H]C(CCCCCC)C(=O)OC[C@H]1OC(Oc2ccc([N+](=O)[O-])cc2)[C@H](O)[C@@H](O)[C@@H]1O. The number of aliphatic hydroxyl groups excluding tert-OH is 3. The fourth-order valence-electron chi connectivity index (χ4n) is 2.95. The summed E-state index contributed by atoms with van der Waals surface area (Å²) in [5.41, 5.74) is -0.155. The molecule has 1 saturated heterocycles. The van der Waals surface area contributed by atoms with Gasteiger partial charge in [-0.15, -0.1) is 0 Å². The second-order valence-corrected chi connectivity index (χ2v) is 7.07. The van der Waals surface area contributed by atoms with Crippen molar-refractivity contribution in [3.8, 4) is 5.75 Å². The van der Waals surface area contributed by atoms with Crippen molar-refractivity contribution in [3.05, 3.63) is 34.4 Å². The third-order valence-electron chi connectivity index (χ3n) is 4.73. The molecule has 168 valence electrons. The molecule has 0 spiro atoms. The fourth-order valence-corrected chi connectivity index (χ4v) is 2.95. The van der Waals surface area contributed by atoms with Crippen LogP contribution in [0.1, 0.15) is 46.8 Å². The highest BCUT2D eigenvalue weighted by Crippen LogP contribution is 2.26. The lowest BCUT2D eigenvalue weighted by molar-refractivity contribution is -0.384. The molecule has 10 heteroatoms. The van der Waals surface area contributed by atoms with Gasteiger partial charge in [-0.1, -0.05) is 32.6 Å². The van der Waals surface area contributed by atoms with Crippen LogP contribution >= 0.6 is 0 Å². The van der Waals surface area contributed by atoms with Gasteiger partial charge in [0.05, 0.1) is 4.92 Å². The summed E-state index contributed by atoms with van der Waals surface area (Å²) >= 11 is 0. The molecule has 6 atom stereocenters. The van der Waals surface area contributed by atoms with Crippen molar-refractivity contribution in [2.45, 2.75) is 76.1 Å². The molecule has 1 aliphatic rings. The van der Waals surface area contributed by atoms with Gasteiger partial charge in [0.25, 0.3) is 5.69 Å². The number of benzene rings is 1. The second kappa shape index (κ2) is 11.8. The Morgan fingerprint density at radius 2 is 1.80 bits per heavy atom. The molecule has 0 aliphatic carbocycles. The van der Waals surface area contributed by atoms with Crippen molar-refractivity contribution < 1.29 is 40.6 Å². The van der Waals surface area contributed by atoms with Crippen molar-refractivity contribution in [1.82, 2.24) is 0 Å². The molecule has 0 aromatic heterocycles. The molecule has 10 nitrogen and oxygen atoms in total. The zero-order chi connectivity index (χ0) is 23.0. The smallest absolute Gasteiger partial charge is 0.305 e. The number of non-ortho nitro benzene ring substituents is 1. The van der Waals surface area contributed by atoms with E-state index in [1.165, 1.54) is 24.3 Å². The number of carbonyl (C=O) groups is 1. The number of ether oxygens (including phenoxy) is 3. The highest BCUT2D eigenvalue weighted by Gasteiger charge is 2.45. The van der Waals surface area contributed by atoms with Crippen molar-refractivity contribution in [2.75, 3.05) is 6.61 Å². The van der Waals surface area contributed by atoms with Crippen molar-refractivity contribution in [3.63, 3.8) is 0 Å². The van der Waals surface area contributed by atoms with E-state index in [1.807, 2.05) is 0 Å². The largest absolute Gasteiger partial charge is 0.463 e. The minimum Gasteiger partial charge on any atom is -0.463 e. The van der Waals surface area contributed by atoms with E-state index in [0.29, 0.717) is 6.42 Å². The first-order chi connectivity index (χ1) is 14.7. The summed E-state index contributed by atoms with van der Waals surface area (Å²) < 4.78 is 23.8. The number of nitro groups is 1. The Kier molecular flexibility index (Phi) is 8.81. The quantitative estimate of drug-likeness (QED) is 0.207. The lowest BCUT2D eigenvalue weighted by Crippen LogP contribution is -2.60. The molecule has 0 radical (unpaired) electrons. The first kappa shape index (κ1) is 22.4. The third-order valence-corrected chi connectivity index (χ3v) is 4.73. The van der Waals surface area contributed by atoms with Gasteiger partial charge in [0, 0.05) is 19.9 Å². The zero-order valence-electron chi connectivity index (χ0n) is 17.8. The van der Waals surface area contributed by atoms with E-state index >= 15 is 0 Å². The fraction of sp³-hybridized carbons (Fsp3) is 0.650. The Morgan fingerprint density at radius 1 is 1.13 bits per heavy atom. The minimum atomic E-state index is -1.64. The molecule has 3 N–H and O–H groups in total. The molecule has 30 heavy (non-hydrogen) atoms. The van der Waals surface area contributed by atoms with Gasteiger partial charge in [-0.2, -0.15) is 0 Å². The average Bonchev–Trinajstić information content (AvgIpc) is 2.76. The lowest BCUT2D eigenvalue weighted by Gasteiger charge is -2.39. The van der Waals surface area contributed by atoms with E-state index < -0.39 is 54.6 Å². The first-order valence-corrected chi connectivity index (χ1v) is 9.94. The van der Waals surface area contributed by atoms with Gasteiger partial charge in [0.15, 0.2) is 0 Å². The monoisotopic (exact) mass is 428 g/mol. The Morgan fingerprint density at radius 3 is 2.43 bits per heavy atom. The van der Waals surface area contributed by atoms with Gasteiger partial charge in [0.1, 0.15) is 36.8 Å². The molecule has 1 aromatic carbocycles. The van der Waals surface area contributed by atoms with E-state index in [0.717, 1.165) is 25.7 Å². The number of carbonyl (C=O) groups excluding carboxylic acids is 1.